The van der Waals surface area contributed by atoms with Gasteiger partial charge in [0.1, 0.15) is 0 Å². The van der Waals surface area contributed by atoms with Crippen molar-refractivity contribution in [2.45, 2.75) is 17.9 Å². The van der Waals surface area contributed by atoms with Crippen LogP contribution in [0.4, 0.5) is 0 Å². The van der Waals surface area contributed by atoms with Gasteiger partial charge in [-0.3, -0.25) is 5.21 Å². The second kappa shape index (κ2) is 4.99. The molecule has 0 atom stereocenters. The molecular formula is C13H14NO2S2+. The summed E-state index contributed by atoms with van der Waals surface area (Å²) in [5.74, 6) is 0. The molecule has 0 aliphatic carbocycles. The van der Waals surface area contributed by atoms with Gasteiger partial charge in [-0.05, 0) is 24.5 Å². The molecule has 1 aliphatic rings. The summed E-state index contributed by atoms with van der Waals surface area (Å²) in [4.78, 5) is 1.16. The predicted octanol–water partition coefficient (Wildman–Crippen LogP) is 2.81. The molecule has 0 spiro atoms. The van der Waals surface area contributed by atoms with Gasteiger partial charge in [-0.25, -0.2) is 0 Å². The number of hydrogen-bond donors (Lipinski definition) is 1. The number of benzene rings is 1. The van der Waals surface area contributed by atoms with Gasteiger partial charge in [-0.15, -0.1) is 0 Å². The van der Waals surface area contributed by atoms with Crippen LogP contribution in [-0.2, 0) is 17.8 Å². The average Bonchev–Trinajstić information content (AvgIpc) is 2.40. The minimum Gasteiger partial charge on any atom is -0.376 e. The molecule has 0 unspecified atom stereocenters. The maximum absolute atomic E-state index is 10.3. The van der Waals surface area contributed by atoms with E-state index in [2.05, 4.69) is 18.2 Å². The molecule has 5 heteroatoms. The number of ether oxygens (including phenoxy) is 1. The molecule has 1 aliphatic heterocycles. The Morgan fingerprint density at radius 1 is 1.33 bits per heavy atom. The summed E-state index contributed by atoms with van der Waals surface area (Å²) in [6.07, 6.45) is 2.81. The summed E-state index contributed by atoms with van der Waals surface area (Å²) in [6, 6.07) is 8.28. The van der Waals surface area contributed by atoms with E-state index in [1.54, 1.807) is 21.6 Å². The molecular weight excluding hydrogens is 266 g/mol. The number of nitrogens with zero attached hydrogens (tertiary/aromatic N) is 1. The Balaban J connectivity index is 2.19. The Hall–Kier alpha value is -0.910. The average molecular weight is 280 g/mol. The van der Waals surface area contributed by atoms with Crippen molar-refractivity contribution >= 4 is 32.5 Å². The Labute approximate surface area is 114 Å². The van der Waals surface area contributed by atoms with E-state index < -0.39 is 0 Å². The number of hydrogen-bond acceptors (Lipinski definition) is 4. The summed E-state index contributed by atoms with van der Waals surface area (Å²) < 4.78 is 6.76. The van der Waals surface area contributed by atoms with Crippen LogP contribution in [0, 0.1) is 0 Å². The van der Waals surface area contributed by atoms with Crippen LogP contribution in [0.25, 0.3) is 10.9 Å². The molecule has 1 aromatic heterocycles. The third kappa shape index (κ3) is 2.06. The minimum absolute atomic E-state index is 0.590. The summed E-state index contributed by atoms with van der Waals surface area (Å²) in [6.45, 7) is 1.27. The van der Waals surface area contributed by atoms with Crippen LogP contribution in [-0.4, -0.2) is 18.1 Å². The second-order valence-electron chi connectivity index (χ2n) is 4.20. The molecule has 3 rings (SSSR count). The van der Waals surface area contributed by atoms with Crippen molar-refractivity contribution in [1.82, 2.24) is 0 Å². The van der Waals surface area contributed by atoms with Gasteiger partial charge in [0.15, 0.2) is 0 Å². The lowest BCUT2D eigenvalue weighted by Crippen LogP contribution is -2.39. The van der Waals surface area contributed by atoms with E-state index in [1.807, 2.05) is 12.3 Å². The van der Waals surface area contributed by atoms with Gasteiger partial charge in [-0.2, -0.15) is 0 Å². The fourth-order valence-electron chi connectivity index (χ4n) is 2.27. The Kier molecular flexibility index (Phi) is 3.37. The normalized spacial score (nSPS) is 14.7. The zero-order valence-corrected chi connectivity index (χ0v) is 11.7. The van der Waals surface area contributed by atoms with E-state index in [-0.39, 0.29) is 0 Å². The third-order valence-corrected chi connectivity index (χ3v) is 4.80. The first-order valence-corrected chi connectivity index (χ1v) is 8.33. The lowest BCUT2D eigenvalue weighted by molar-refractivity contribution is -0.890. The first-order valence-electron chi connectivity index (χ1n) is 5.78. The molecule has 0 radical (unpaired) electrons. The van der Waals surface area contributed by atoms with Crippen molar-refractivity contribution in [3.8, 4) is 0 Å². The van der Waals surface area contributed by atoms with Crippen LogP contribution >= 0.6 is 21.6 Å². The summed E-state index contributed by atoms with van der Waals surface area (Å²) in [7, 11) is 3.41. The molecule has 2 aromatic rings. The van der Waals surface area contributed by atoms with E-state index in [0.29, 0.717) is 13.2 Å². The monoisotopic (exact) mass is 280 g/mol. The highest BCUT2D eigenvalue weighted by Gasteiger charge is 2.24. The van der Waals surface area contributed by atoms with Gasteiger partial charge >= 0.3 is 0 Å². The highest BCUT2D eigenvalue weighted by Crippen LogP contribution is 2.30. The van der Waals surface area contributed by atoms with E-state index in [1.165, 1.54) is 4.73 Å². The van der Waals surface area contributed by atoms with Gasteiger partial charge < -0.3 is 4.74 Å². The molecule has 0 saturated carbocycles. The van der Waals surface area contributed by atoms with Crippen molar-refractivity contribution in [2.75, 3.05) is 12.9 Å². The van der Waals surface area contributed by atoms with E-state index in [0.717, 1.165) is 33.5 Å². The van der Waals surface area contributed by atoms with Gasteiger partial charge in [0, 0.05) is 15.7 Å². The lowest BCUT2D eigenvalue weighted by Gasteiger charge is -2.13. The smallest absolute Gasteiger partial charge is 0.265 e. The SMILES string of the molecule is CSSc1ccc2cc3c([n+](O)c2c1)CCOC3. The van der Waals surface area contributed by atoms with Gasteiger partial charge in [0.05, 0.1) is 30.6 Å². The van der Waals surface area contributed by atoms with Crippen molar-refractivity contribution in [3.63, 3.8) is 0 Å². The van der Waals surface area contributed by atoms with Gasteiger partial charge in [0.2, 0.25) is 5.69 Å². The first-order chi connectivity index (χ1) is 8.79. The van der Waals surface area contributed by atoms with Crippen LogP contribution in [0.5, 0.6) is 0 Å². The quantitative estimate of drug-likeness (QED) is 0.521. The van der Waals surface area contributed by atoms with Crippen LogP contribution in [0.1, 0.15) is 11.3 Å². The fourth-order valence-corrected chi connectivity index (χ4v) is 3.64. The molecule has 2 heterocycles. The maximum atomic E-state index is 10.3. The molecule has 94 valence electrons. The summed E-state index contributed by atoms with van der Waals surface area (Å²) in [5.41, 5.74) is 2.93. The molecule has 0 saturated heterocycles. The van der Waals surface area contributed by atoms with E-state index >= 15 is 0 Å². The molecule has 1 aromatic carbocycles. The zero-order chi connectivity index (χ0) is 12.5. The first kappa shape index (κ1) is 12.1. The van der Waals surface area contributed by atoms with Crippen molar-refractivity contribution < 1.29 is 14.7 Å². The topological polar surface area (TPSA) is 33.3 Å². The molecule has 0 amide bonds. The standard InChI is InChI=1S/C13H14NO2S2/c1-17-18-11-3-2-9-6-10-8-16-5-4-12(10)14(15)13(9)7-11/h2-3,6-7,15H,4-5,8H2,1H3/q+1. The van der Waals surface area contributed by atoms with Crippen LogP contribution in [0.15, 0.2) is 29.2 Å². The summed E-state index contributed by atoms with van der Waals surface area (Å²) >= 11 is 0. The number of pyridine rings is 1. The summed E-state index contributed by atoms with van der Waals surface area (Å²) in [5, 5.41) is 11.4. The molecule has 1 N–H and O–H groups in total. The Morgan fingerprint density at radius 2 is 2.22 bits per heavy atom. The van der Waals surface area contributed by atoms with Gasteiger partial charge in [-0.1, -0.05) is 21.6 Å². The van der Waals surface area contributed by atoms with Crippen molar-refractivity contribution in [3.05, 3.63) is 35.5 Å². The molecule has 3 nitrogen and oxygen atoms in total. The van der Waals surface area contributed by atoms with Gasteiger partial charge in [0.25, 0.3) is 5.52 Å². The largest absolute Gasteiger partial charge is 0.376 e. The van der Waals surface area contributed by atoms with Crippen LogP contribution in [0.3, 0.4) is 0 Å². The Bertz CT molecular complexity index is 601. The van der Waals surface area contributed by atoms with E-state index in [4.69, 9.17) is 4.74 Å². The van der Waals surface area contributed by atoms with Crippen LogP contribution < -0.4 is 4.73 Å². The third-order valence-electron chi connectivity index (χ3n) is 3.11. The minimum atomic E-state index is 0.590. The maximum Gasteiger partial charge on any atom is 0.265 e. The number of aromatic nitrogens is 1. The second-order valence-corrected chi connectivity index (χ2v) is 6.67. The Morgan fingerprint density at radius 3 is 3.06 bits per heavy atom. The highest BCUT2D eigenvalue weighted by molar-refractivity contribution is 8.76. The highest BCUT2D eigenvalue weighted by atomic mass is 33.1. The predicted molar refractivity (Wildman–Crippen MR) is 74.1 cm³/mol. The van der Waals surface area contributed by atoms with Crippen LogP contribution in [0.2, 0.25) is 0 Å². The van der Waals surface area contributed by atoms with Crippen molar-refractivity contribution in [1.29, 1.82) is 0 Å². The van der Waals surface area contributed by atoms with E-state index in [9.17, 15) is 5.21 Å². The lowest BCUT2D eigenvalue weighted by atomic mass is 10.1. The number of fused-ring (bicyclic) bond motifs is 2. The fraction of sp³-hybridized carbons (Fsp3) is 0.308. The molecule has 0 fully saturated rings. The van der Waals surface area contributed by atoms with Crippen molar-refractivity contribution in [2.24, 2.45) is 0 Å². The molecule has 18 heavy (non-hydrogen) atoms. The molecule has 0 bridgehead atoms. The number of rotatable bonds is 2. The zero-order valence-electron chi connectivity index (χ0n) is 10.0.